The first-order chi connectivity index (χ1) is 14.1. The molecule has 0 bridgehead atoms. The Balaban J connectivity index is 1.42. The molecule has 0 aliphatic carbocycles. The zero-order valence-electron chi connectivity index (χ0n) is 15.8. The Hall–Kier alpha value is -3.54. The van der Waals surface area contributed by atoms with E-state index in [0.717, 1.165) is 11.3 Å². The Morgan fingerprint density at radius 2 is 1.41 bits per heavy atom. The summed E-state index contributed by atoms with van der Waals surface area (Å²) in [6, 6.07) is 18.6. The third-order valence-electron chi connectivity index (χ3n) is 5.02. The Morgan fingerprint density at radius 1 is 0.759 bits per heavy atom. The van der Waals surface area contributed by atoms with Gasteiger partial charge in [0.2, 0.25) is 0 Å². The number of piperazine rings is 1. The van der Waals surface area contributed by atoms with Crippen molar-refractivity contribution in [3.63, 3.8) is 0 Å². The Morgan fingerprint density at radius 3 is 2.03 bits per heavy atom. The highest BCUT2D eigenvalue weighted by Gasteiger charge is 2.25. The number of amides is 2. The lowest BCUT2D eigenvalue weighted by molar-refractivity contribution is 0.0535. The summed E-state index contributed by atoms with van der Waals surface area (Å²) in [6.45, 7) is 1.81. The Kier molecular flexibility index (Phi) is 5.33. The van der Waals surface area contributed by atoms with E-state index in [9.17, 15) is 14.0 Å². The zero-order valence-corrected chi connectivity index (χ0v) is 15.8. The highest BCUT2D eigenvalue weighted by molar-refractivity contribution is 5.96. The van der Waals surface area contributed by atoms with E-state index in [-0.39, 0.29) is 17.6 Å². The average molecular weight is 389 g/mol. The maximum atomic E-state index is 13.1. The molecule has 5 nitrogen and oxygen atoms in total. The monoisotopic (exact) mass is 389 g/mol. The largest absolute Gasteiger partial charge is 0.335 e. The second-order valence-electron chi connectivity index (χ2n) is 6.89. The van der Waals surface area contributed by atoms with Crippen molar-refractivity contribution < 1.29 is 14.0 Å². The van der Waals surface area contributed by atoms with Crippen LogP contribution in [0.5, 0.6) is 0 Å². The molecule has 1 saturated heterocycles. The molecule has 0 saturated carbocycles. The molecule has 6 heteroatoms. The smallest absolute Gasteiger partial charge is 0.253 e. The Labute approximate surface area is 168 Å². The summed E-state index contributed by atoms with van der Waals surface area (Å²) in [5, 5.41) is 0. The standard InChI is InChI=1S/C23H20FN3O2/c24-20-9-7-17(8-10-20)22(28)26-12-14-27(15-13-26)23(29)19-5-3-4-18(16-19)21-6-1-2-11-25-21/h1-11,16H,12-15H2. The minimum Gasteiger partial charge on any atom is -0.335 e. The molecule has 2 amide bonds. The van der Waals surface area contributed by atoms with Crippen molar-refractivity contribution in [2.75, 3.05) is 26.2 Å². The van der Waals surface area contributed by atoms with Crippen molar-refractivity contribution in [3.8, 4) is 11.3 Å². The maximum Gasteiger partial charge on any atom is 0.253 e. The molecule has 1 aliphatic rings. The SMILES string of the molecule is O=C(c1ccc(F)cc1)N1CCN(C(=O)c2cccc(-c3ccccn3)c2)CC1. The van der Waals surface area contributed by atoms with Crippen molar-refractivity contribution in [2.45, 2.75) is 0 Å². The summed E-state index contributed by atoms with van der Waals surface area (Å²) in [7, 11) is 0. The molecular weight excluding hydrogens is 369 g/mol. The molecule has 1 fully saturated rings. The van der Waals surface area contributed by atoms with Crippen LogP contribution < -0.4 is 0 Å². The molecule has 0 atom stereocenters. The number of hydrogen-bond acceptors (Lipinski definition) is 3. The summed E-state index contributed by atoms with van der Waals surface area (Å²) in [4.78, 5) is 33.3. The van der Waals surface area contributed by atoms with E-state index in [1.165, 1.54) is 24.3 Å². The predicted molar refractivity (Wildman–Crippen MR) is 108 cm³/mol. The molecule has 2 aromatic carbocycles. The number of aromatic nitrogens is 1. The van der Waals surface area contributed by atoms with Gasteiger partial charge in [0.05, 0.1) is 5.69 Å². The number of carbonyl (C=O) groups is 2. The molecule has 4 rings (SSSR count). The van der Waals surface area contributed by atoms with Gasteiger partial charge in [-0.3, -0.25) is 14.6 Å². The van der Waals surface area contributed by atoms with Gasteiger partial charge < -0.3 is 9.80 Å². The van der Waals surface area contributed by atoms with E-state index < -0.39 is 0 Å². The van der Waals surface area contributed by atoms with Crippen LogP contribution in [0, 0.1) is 5.82 Å². The van der Waals surface area contributed by atoms with Crippen molar-refractivity contribution in [1.82, 2.24) is 14.8 Å². The van der Waals surface area contributed by atoms with Crippen molar-refractivity contribution in [1.29, 1.82) is 0 Å². The van der Waals surface area contributed by atoms with Crippen molar-refractivity contribution in [3.05, 3.63) is 89.9 Å². The lowest BCUT2D eigenvalue weighted by Crippen LogP contribution is -2.50. The molecule has 3 aromatic rings. The average Bonchev–Trinajstić information content (AvgIpc) is 2.79. The van der Waals surface area contributed by atoms with Gasteiger partial charge in [-0.25, -0.2) is 4.39 Å². The second-order valence-corrected chi connectivity index (χ2v) is 6.89. The number of rotatable bonds is 3. The van der Waals surface area contributed by atoms with Crippen LogP contribution in [0.3, 0.4) is 0 Å². The van der Waals surface area contributed by atoms with Crippen LogP contribution in [0.25, 0.3) is 11.3 Å². The number of hydrogen-bond donors (Lipinski definition) is 0. The molecule has 29 heavy (non-hydrogen) atoms. The van der Waals surface area contributed by atoms with Crippen LogP contribution in [-0.4, -0.2) is 52.8 Å². The van der Waals surface area contributed by atoms with Crippen molar-refractivity contribution >= 4 is 11.8 Å². The molecule has 2 heterocycles. The number of halogens is 1. The van der Waals surface area contributed by atoms with Crippen molar-refractivity contribution in [2.24, 2.45) is 0 Å². The first-order valence-corrected chi connectivity index (χ1v) is 9.47. The minimum absolute atomic E-state index is 0.0586. The van der Waals surface area contributed by atoms with Gasteiger partial charge in [-0.1, -0.05) is 18.2 Å². The number of nitrogens with zero attached hydrogens (tertiary/aromatic N) is 3. The van der Waals surface area contributed by atoms with E-state index in [2.05, 4.69) is 4.98 Å². The first kappa shape index (κ1) is 18.8. The summed E-state index contributed by atoms with van der Waals surface area (Å²) in [5.41, 5.74) is 2.76. The third-order valence-corrected chi connectivity index (χ3v) is 5.02. The minimum atomic E-state index is -0.370. The molecule has 0 unspecified atom stereocenters. The topological polar surface area (TPSA) is 53.5 Å². The van der Waals surface area contributed by atoms with Gasteiger partial charge in [-0.05, 0) is 48.5 Å². The van der Waals surface area contributed by atoms with Crippen LogP contribution in [0.15, 0.2) is 72.9 Å². The van der Waals surface area contributed by atoms with Gasteiger partial charge in [0, 0.05) is 49.1 Å². The quantitative estimate of drug-likeness (QED) is 0.689. The molecule has 0 N–H and O–H groups in total. The highest BCUT2D eigenvalue weighted by Crippen LogP contribution is 2.19. The lowest BCUT2D eigenvalue weighted by Gasteiger charge is -2.35. The fraction of sp³-hybridized carbons (Fsp3) is 0.174. The van der Waals surface area contributed by atoms with E-state index >= 15 is 0 Å². The third kappa shape index (κ3) is 4.16. The first-order valence-electron chi connectivity index (χ1n) is 9.47. The van der Waals surface area contributed by atoms with E-state index in [1.54, 1.807) is 22.1 Å². The summed E-state index contributed by atoms with van der Waals surface area (Å²) in [5.74, 6) is -0.573. The molecule has 1 aliphatic heterocycles. The Bertz CT molecular complexity index is 1010. The van der Waals surface area contributed by atoms with Gasteiger partial charge in [0.25, 0.3) is 11.8 Å². The molecule has 1 aromatic heterocycles. The summed E-state index contributed by atoms with van der Waals surface area (Å²) < 4.78 is 13.1. The fourth-order valence-electron chi connectivity index (χ4n) is 3.42. The van der Waals surface area contributed by atoms with E-state index in [0.29, 0.717) is 37.3 Å². The number of carbonyl (C=O) groups excluding carboxylic acids is 2. The molecule has 146 valence electrons. The number of pyridine rings is 1. The summed E-state index contributed by atoms with van der Waals surface area (Å²) in [6.07, 6.45) is 1.72. The lowest BCUT2D eigenvalue weighted by atomic mass is 10.1. The zero-order chi connectivity index (χ0) is 20.2. The molecule has 0 spiro atoms. The second kappa shape index (κ2) is 8.22. The van der Waals surface area contributed by atoms with E-state index in [4.69, 9.17) is 0 Å². The molecule has 0 radical (unpaired) electrons. The maximum absolute atomic E-state index is 13.1. The predicted octanol–water partition coefficient (Wildman–Crippen LogP) is 3.49. The van der Waals surface area contributed by atoms with Gasteiger partial charge in [-0.2, -0.15) is 0 Å². The summed E-state index contributed by atoms with van der Waals surface area (Å²) >= 11 is 0. The number of benzene rings is 2. The van der Waals surface area contributed by atoms with Crippen LogP contribution in [0.4, 0.5) is 4.39 Å². The van der Waals surface area contributed by atoms with Crippen LogP contribution in [0.1, 0.15) is 20.7 Å². The fourth-order valence-corrected chi connectivity index (χ4v) is 3.42. The van der Waals surface area contributed by atoms with Gasteiger partial charge >= 0.3 is 0 Å². The van der Waals surface area contributed by atoms with Crippen LogP contribution in [0.2, 0.25) is 0 Å². The van der Waals surface area contributed by atoms with Crippen LogP contribution in [-0.2, 0) is 0 Å². The van der Waals surface area contributed by atoms with Gasteiger partial charge in [0.15, 0.2) is 0 Å². The molecular formula is C23H20FN3O2. The normalized spacial score (nSPS) is 14.0. The van der Waals surface area contributed by atoms with Crippen LogP contribution >= 0.6 is 0 Å². The van der Waals surface area contributed by atoms with Gasteiger partial charge in [0.1, 0.15) is 5.82 Å². The van der Waals surface area contributed by atoms with E-state index in [1.807, 2.05) is 36.4 Å². The highest BCUT2D eigenvalue weighted by atomic mass is 19.1. The van der Waals surface area contributed by atoms with Gasteiger partial charge in [-0.15, -0.1) is 0 Å².